The van der Waals surface area contributed by atoms with Gasteiger partial charge in [-0.1, -0.05) is 23.4 Å². The number of alkyl halides is 3. The standard InChI is InChI=1S/C23H22ClF3N4O2S/c1-31-21(14-6-9-17(10-7-14)33-16-4-2-3-5-16)29-30-22(31)34-13-20(32)28-19-12-15(23(25,26)27)8-11-18(19)24/h6-12,16H,2-5,13H2,1H3,(H,28,32). The van der Waals surface area contributed by atoms with Crippen LogP contribution in [0.2, 0.25) is 5.02 Å². The van der Waals surface area contributed by atoms with Gasteiger partial charge in [0.15, 0.2) is 11.0 Å². The number of ether oxygens (including phenoxy) is 1. The van der Waals surface area contributed by atoms with E-state index >= 15 is 0 Å². The predicted octanol–water partition coefficient (Wildman–Crippen LogP) is 6.21. The maximum Gasteiger partial charge on any atom is 0.416 e. The largest absolute Gasteiger partial charge is 0.490 e. The summed E-state index contributed by atoms with van der Waals surface area (Å²) in [6, 6.07) is 10.4. The van der Waals surface area contributed by atoms with E-state index in [0.717, 1.165) is 54.1 Å². The highest BCUT2D eigenvalue weighted by atomic mass is 35.5. The Morgan fingerprint density at radius 3 is 2.56 bits per heavy atom. The molecule has 1 aliphatic carbocycles. The van der Waals surface area contributed by atoms with Gasteiger partial charge in [-0.05, 0) is 68.1 Å². The van der Waals surface area contributed by atoms with Crippen LogP contribution in [0.4, 0.5) is 18.9 Å². The van der Waals surface area contributed by atoms with Gasteiger partial charge in [0, 0.05) is 12.6 Å². The predicted molar refractivity (Wildman–Crippen MR) is 125 cm³/mol. The van der Waals surface area contributed by atoms with Crippen molar-refractivity contribution >= 4 is 35.0 Å². The number of rotatable bonds is 7. The maximum atomic E-state index is 12.9. The highest BCUT2D eigenvalue weighted by Crippen LogP contribution is 2.34. The summed E-state index contributed by atoms with van der Waals surface area (Å²) in [5, 5.41) is 11.3. The molecule has 1 saturated carbocycles. The van der Waals surface area contributed by atoms with Crippen LogP contribution in [0.1, 0.15) is 31.2 Å². The summed E-state index contributed by atoms with van der Waals surface area (Å²) in [5.74, 6) is 0.852. The van der Waals surface area contributed by atoms with Gasteiger partial charge in [0.1, 0.15) is 5.75 Å². The average Bonchev–Trinajstić information content (AvgIpc) is 3.43. The molecule has 0 aliphatic heterocycles. The van der Waals surface area contributed by atoms with Crippen molar-refractivity contribution in [3.05, 3.63) is 53.1 Å². The fourth-order valence-corrected chi connectivity index (χ4v) is 4.56. The van der Waals surface area contributed by atoms with E-state index in [2.05, 4.69) is 15.5 Å². The van der Waals surface area contributed by atoms with E-state index in [0.29, 0.717) is 11.0 Å². The van der Waals surface area contributed by atoms with Crippen molar-refractivity contribution in [1.29, 1.82) is 0 Å². The lowest BCUT2D eigenvalue weighted by Crippen LogP contribution is -2.16. The van der Waals surface area contributed by atoms with Gasteiger partial charge >= 0.3 is 6.18 Å². The van der Waals surface area contributed by atoms with Gasteiger partial charge in [-0.3, -0.25) is 4.79 Å². The minimum Gasteiger partial charge on any atom is -0.490 e. The zero-order valence-electron chi connectivity index (χ0n) is 18.2. The smallest absolute Gasteiger partial charge is 0.416 e. The van der Waals surface area contributed by atoms with Gasteiger partial charge in [0.2, 0.25) is 5.91 Å². The molecule has 180 valence electrons. The second-order valence-corrected chi connectivity index (χ2v) is 9.29. The molecule has 1 aliphatic rings. The minimum atomic E-state index is -4.53. The number of thioether (sulfide) groups is 1. The van der Waals surface area contributed by atoms with E-state index in [9.17, 15) is 18.0 Å². The number of amides is 1. The number of carbonyl (C=O) groups is 1. The zero-order valence-corrected chi connectivity index (χ0v) is 19.8. The quantitative estimate of drug-likeness (QED) is 0.383. The summed E-state index contributed by atoms with van der Waals surface area (Å²) in [4.78, 5) is 12.3. The molecule has 34 heavy (non-hydrogen) atoms. The molecule has 6 nitrogen and oxygen atoms in total. The first kappa shape index (κ1) is 24.4. The number of carbonyl (C=O) groups excluding carboxylic acids is 1. The average molecular weight is 511 g/mol. The molecule has 1 heterocycles. The number of aromatic nitrogens is 3. The Bertz CT molecular complexity index is 1160. The van der Waals surface area contributed by atoms with Crippen molar-refractivity contribution in [2.45, 2.75) is 43.1 Å². The highest BCUT2D eigenvalue weighted by molar-refractivity contribution is 7.99. The Morgan fingerprint density at radius 1 is 1.18 bits per heavy atom. The Balaban J connectivity index is 1.37. The molecular formula is C23H22ClF3N4O2S. The van der Waals surface area contributed by atoms with Crippen molar-refractivity contribution in [1.82, 2.24) is 14.8 Å². The molecule has 1 amide bonds. The molecule has 0 radical (unpaired) electrons. The zero-order chi connectivity index (χ0) is 24.3. The summed E-state index contributed by atoms with van der Waals surface area (Å²) in [7, 11) is 1.78. The summed E-state index contributed by atoms with van der Waals surface area (Å²) < 4.78 is 46.5. The van der Waals surface area contributed by atoms with Crippen molar-refractivity contribution in [3.8, 4) is 17.1 Å². The van der Waals surface area contributed by atoms with Crippen LogP contribution < -0.4 is 10.1 Å². The number of nitrogens with zero attached hydrogens (tertiary/aromatic N) is 3. The second-order valence-electron chi connectivity index (χ2n) is 7.94. The van der Waals surface area contributed by atoms with Crippen LogP contribution in [0.15, 0.2) is 47.6 Å². The molecule has 1 aromatic heterocycles. The molecule has 0 unspecified atom stereocenters. The van der Waals surface area contributed by atoms with E-state index in [1.54, 1.807) is 11.6 Å². The van der Waals surface area contributed by atoms with Crippen LogP contribution in [-0.4, -0.2) is 32.5 Å². The number of hydrogen-bond acceptors (Lipinski definition) is 5. The lowest BCUT2D eigenvalue weighted by molar-refractivity contribution is -0.137. The van der Waals surface area contributed by atoms with Gasteiger partial charge in [-0.2, -0.15) is 13.2 Å². The first-order chi connectivity index (χ1) is 16.2. The van der Waals surface area contributed by atoms with Crippen LogP contribution in [0.25, 0.3) is 11.4 Å². The van der Waals surface area contributed by atoms with Crippen LogP contribution in [0, 0.1) is 0 Å². The Morgan fingerprint density at radius 2 is 1.88 bits per heavy atom. The van der Waals surface area contributed by atoms with E-state index in [4.69, 9.17) is 16.3 Å². The summed E-state index contributed by atoms with van der Waals surface area (Å²) in [6.07, 6.45) is 0.313. The normalized spacial score (nSPS) is 14.4. The van der Waals surface area contributed by atoms with Crippen LogP contribution in [0.5, 0.6) is 5.75 Å². The lowest BCUT2D eigenvalue weighted by Gasteiger charge is -2.13. The molecular weight excluding hydrogens is 489 g/mol. The fourth-order valence-electron chi connectivity index (χ4n) is 3.69. The van der Waals surface area contributed by atoms with E-state index in [-0.39, 0.29) is 22.6 Å². The van der Waals surface area contributed by atoms with Gasteiger partial charge in [-0.15, -0.1) is 10.2 Å². The first-order valence-electron chi connectivity index (χ1n) is 10.7. The number of halogens is 4. The van der Waals surface area contributed by atoms with Crippen molar-refractivity contribution in [2.75, 3.05) is 11.1 Å². The molecule has 1 N–H and O–H groups in total. The monoisotopic (exact) mass is 510 g/mol. The van der Waals surface area contributed by atoms with Crippen LogP contribution in [-0.2, 0) is 18.0 Å². The second kappa shape index (κ2) is 10.3. The van der Waals surface area contributed by atoms with Crippen LogP contribution >= 0.6 is 23.4 Å². The third-order valence-electron chi connectivity index (χ3n) is 5.45. The molecule has 1 fully saturated rings. The maximum absolute atomic E-state index is 12.9. The minimum absolute atomic E-state index is 0.0210. The van der Waals surface area contributed by atoms with Gasteiger partial charge in [0.05, 0.1) is 28.1 Å². The molecule has 0 saturated heterocycles. The van der Waals surface area contributed by atoms with Gasteiger partial charge in [0.25, 0.3) is 0 Å². The fraction of sp³-hybridized carbons (Fsp3) is 0.348. The SMILES string of the molecule is Cn1c(SCC(=O)Nc2cc(C(F)(F)F)ccc2Cl)nnc1-c1ccc(OC2CCCC2)cc1. The Hall–Kier alpha value is -2.72. The molecule has 0 bridgehead atoms. The van der Waals surface area contributed by atoms with E-state index < -0.39 is 17.6 Å². The van der Waals surface area contributed by atoms with Crippen molar-refractivity contribution in [3.63, 3.8) is 0 Å². The lowest BCUT2D eigenvalue weighted by atomic mass is 10.2. The van der Waals surface area contributed by atoms with Gasteiger partial charge in [-0.25, -0.2) is 0 Å². The number of nitrogens with one attached hydrogen (secondary N) is 1. The topological polar surface area (TPSA) is 69.0 Å². The first-order valence-corrected chi connectivity index (χ1v) is 12.0. The summed E-state index contributed by atoms with van der Waals surface area (Å²) in [6.45, 7) is 0. The van der Waals surface area contributed by atoms with E-state index in [1.807, 2.05) is 24.3 Å². The highest BCUT2D eigenvalue weighted by Gasteiger charge is 2.31. The molecule has 0 atom stereocenters. The molecule has 0 spiro atoms. The number of benzene rings is 2. The molecule has 2 aromatic carbocycles. The molecule has 3 aromatic rings. The van der Waals surface area contributed by atoms with E-state index in [1.165, 1.54) is 12.8 Å². The van der Waals surface area contributed by atoms with Crippen molar-refractivity contribution in [2.24, 2.45) is 7.05 Å². The van der Waals surface area contributed by atoms with Crippen molar-refractivity contribution < 1.29 is 22.7 Å². The third-order valence-corrected chi connectivity index (χ3v) is 6.80. The number of hydrogen-bond donors (Lipinski definition) is 1. The Labute approximate surface area is 203 Å². The summed E-state index contributed by atoms with van der Waals surface area (Å²) >= 11 is 7.06. The Kier molecular flexibility index (Phi) is 7.37. The third kappa shape index (κ3) is 5.85. The molecule has 11 heteroatoms. The molecule has 4 rings (SSSR count). The van der Waals surface area contributed by atoms with Gasteiger partial charge < -0.3 is 14.6 Å². The van der Waals surface area contributed by atoms with Crippen LogP contribution in [0.3, 0.4) is 0 Å². The number of anilines is 1. The summed E-state index contributed by atoms with van der Waals surface area (Å²) in [5.41, 5.74) is -0.140.